The fourth-order valence-corrected chi connectivity index (χ4v) is 2.42. The van der Waals surface area contributed by atoms with E-state index in [9.17, 15) is 8.78 Å². The molecule has 0 amide bonds. The first-order chi connectivity index (χ1) is 8.07. The number of nitrogens with one attached hydrogen (secondary N) is 1. The quantitative estimate of drug-likeness (QED) is 0.877. The van der Waals surface area contributed by atoms with Crippen molar-refractivity contribution >= 4 is 0 Å². The molecule has 1 saturated heterocycles. The molecule has 1 heterocycles. The van der Waals surface area contributed by atoms with Gasteiger partial charge in [0, 0.05) is 16.7 Å². The molecule has 1 aliphatic rings. The van der Waals surface area contributed by atoms with E-state index in [1.165, 1.54) is 19.2 Å². The van der Waals surface area contributed by atoms with Crippen molar-refractivity contribution in [2.45, 2.75) is 31.7 Å². The molecule has 94 valence electrons. The van der Waals surface area contributed by atoms with Gasteiger partial charge in [-0.25, -0.2) is 8.78 Å². The molecule has 0 spiro atoms. The first-order valence-corrected chi connectivity index (χ1v) is 5.78. The molecule has 0 saturated carbocycles. The number of methoxy groups -OCH3 is 1. The van der Waals surface area contributed by atoms with Crippen molar-refractivity contribution in [3.8, 4) is 5.75 Å². The van der Waals surface area contributed by atoms with Gasteiger partial charge in [0.1, 0.15) is 5.75 Å². The van der Waals surface area contributed by atoms with E-state index < -0.39 is 6.43 Å². The van der Waals surface area contributed by atoms with Gasteiger partial charge in [-0.1, -0.05) is 12.1 Å². The van der Waals surface area contributed by atoms with Crippen LogP contribution < -0.4 is 10.1 Å². The highest BCUT2D eigenvalue weighted by Crippen LogP contribution is 2.37. The molecule has 1 unspecified atom stereocenters. The Morgan fingerprint density at radius 2 is 2.18 bits per heavy atom. The van der Waals surface area contributed by atoms with Crippen LogP contribution in [0.15, 0.2) is 18.2 Å². The lowest BCUT2D eigenvalue weighted by Crippen LogP contribution is -2.33. The third-order valence-corrected chi connectivity index (χ3v) is 3.44. The first kappa shape index (κ1) is 12.3. The van der Waals surface area contributed by atoms with Gasteiger partial charge in [0.15, 0.2) is 0 Å². The van der Waals surface area contributed by atoms with Crippen LogP contribution in [0.3, 0.4) is 0 Å². The van der Waals surface area contributed by atoms with Gasteiger partial charge in [-0.05, 0) is 32.4 Å². The molecule has 1 fully saturated rings. The summed E-state index contributed by atoms with van der Waals surface area (Å²) >= 11 is 0. The average Bonchev–Trinajstić information content (AvgIpc) is 2.76. The highest BCUT2D eigenvalue weighted by molar-refractivity contribution is 5.42. The van der Waals surface area contributed by atoms with Gasteiger partial charge in [0.05, 0.1) is 7.11 Å². The summed E-state index contributed by atoms with van der Waals surface area (Å²) in [5.41, 5.74) is 0.806. The van der Waals surface area contributed by atoms with Crippen LogP contribution in [0.25, 0.3) is 0 Å². The smallest absolute Gasteiger partial charge is 0.263 e. The summed E-state index contributed by atoms with van der Waals surface area (Å²) in [4.78, 5) is 0. The predicted molar refractivity (Wildman–Crippen MR) is 62.5 cm³/mol. The Balaban J connectivity index is 2.40. The largest absolute Gasteiger partial charge is 0.496 e. The molecular formula is C13H17F2NO. The number of hydrogen-bond donors (Lipinski definition) is 1. The maximum Gasteiger partial charge on any atom is 0.263 e. The minimum absolute atomic E-state index is 0.00666. The summed E-state index contributed by atoms with van der Waals surface area (Å²) in [6.45, 7) is 3.04. The lowest BCUT2D eigenvalue weighted by Gasteiger charge is -2.27. The molecule has 0 bridgehead atoms. The lowest BCUT2D eigenvalue weighted by molar-refractivity contribution is 0.151. The van der Waals surface area contributed by atoms with Crippen LogP contribution in [0, 0.1) is 0 Å². The Kier molecular flexibility index (Phi) is 3.33. The summed E-state index contributed by atoms with van der Waals surface area (Å²) in [5, 5.41) is 3.41. The zero-order valence-corrected chi connectivity index (χ0v) is 10.1. The molecule has 1 atom stereocenters. The van der Waals surface area contributed by atoms with Crippen molar-refractivity contribution in [3.63, 3.8) is 0 Å². The van der Waals surface area contributed by atoms with Crippen molar-refractivity contribution in [1.29, 1.82) is 0 Å². The minimum atomic E-state index is -2.46. The van der Waals surface area contributed by atoms with Gasteiger partial charge in [0.25, 0.3) is 6.43 Å². The van der Waals surface area contributed by atoms with Gasteiger partial charge < -0.3 is 10.1 Å². The Morgan fingerprint density at radius 3 is 2.71 bits per heavy atom. The number of alkyl halides is 2. The molecule has 17 heavy (non-hydrogen) atoms. The molecule has 2 nitrogen and oxygen atoms in total. The van der Waals surface area contributed by atoms with E-state index in [1.807, 2.05) is 0 Å². The molecule has 0 aliphatic carbocycles. The minimum Gasteiger partial charge on any atom is -0.496 e. The van der Waals surface area contributed by atoms with Crippen LogP contribution >= 0.6 is 0 Å². The summed E-state index contributed by atoms with van der Waals surface area (Å²) in [6.07, 6.45) is -0.365. The lowest BCUT2D eigenvalue weighted by atomic mass is 9.89. The topological polar surface area (TPSA) is 21.3 Å². The van der Waals surface area contributed by atoms with E-state index in [2.05, 4.69) is 12.2 Å². The van der Waals surface area contributed by atoms with E-state index in [0.29, 0.717) is 5.75 Å². The van der Waals surface area contributed by atoms with Gasteiger partial charge in [0.2, 0.25) is 0 Å². The number of ether oxygens (including phenoxy) is 1. The summed E-state index contributed by atoms with van der Waals surface area (Å²) in [6, 6.07) is 4.66. The zero-order valence-electron chi connectivity index (χ0n) is 10.1. The average molecular weight is 241 g/mol. The molecule has 1 aromatic carbocycles. The second-order valence-electron chi connectivity index (χ2n) is 4.62. The Labute approximate surface area is 100.0 Å². The van der Waals surface area contributed by atoms with Crippen molar-refractivity contribution in [2.75, 3.05) is 13.7 Å². The Hall–Kier alpha value is -1.16. The summed E-state index contributed by atoms with van der Waals surface area (Å²) in [7, 11) is 1.52. The predicted octanol–water partition coefficient (Wildman–Crippen LogP) is 3.23. The molecular weight excluding hydrogens is 224 g/mol. The molecule has 0 radical (unpaired) electrons. The number of benzene rings is 1. The molecule has 1 aliphatic heterocycles. The highest BCUT2D eigenvalue weighted by atomic mass is 19.3. The molecule has 1 aromatic rings. The number of rotatable bonds is 3. The van der Waals surface area contributed by atoms with E-state index in [0.717, 1.165) is 24.9 Å². The van der Waals surface area contributed by atoms with E-state index in [1.54, 1.807) is 6.07 Å². The molecule has 4 heteroatoms. The normalized spacial score (nSPS) is 24.3. The maximum atomic E-state index is 12.6. The van der Waals surface area contributed by atoms with Gasteiger partial charge in [-0.15, -0.1) is 0 Å². The Bertz CT molecular complexity index is 400. The standard InChI is InChI=1S/C13H17F2NO/c1-13(6-3-7-16-13)10-5-4-9(12(14)15)8-11(10)17-2/h4-5,8,12,16H,3,6-7H2,1-2H3. The highest BCUT2D eigenvalue weighted by Gasteiger charge is 2.32. The van der Waals surface area contributed by atoms with Gasteiger partial charge in [-0.2, -0.15) is 0 Å². The number of halogens is 2. The maximum absolute atomic E-state index is 12.6. The second-order valence-corrected chi connectivity index (χ2v) is 4.62. The fraction of sp³-hybridized carbons (Fsp3) is 0.538. The van der Waals surface area contributed by atoms with E-state index in [-0.39, 0.29) is 11.1 Å². The third kappa shape index (κ3) is 2.27. The third-order valence-electron chi connectivity index (χ3n) is 3.44. The SMILES string of the molecule is COc1cc(C(F)F)ccc1C1(C)CCCN1. The van der Waals surface area contributed by atoms with Crippen LogP contribution in [0.2, 0.25) is 0 Å². The Morgan fingerprint density at radius 1 is 1.41 bits per heavy atom. The summed E-state index contributed by atoms with van der Waals surface area (Å²) in [5.74, 6) is 0.541. The second kappa shape index (κ2) is 4.61. The van der Waals surface area contributed by atoms with Gasteiger partial charge >= 0.3 is 0 Å². The van der Waals surface area contributed by atoms with Crippen LogP contribution in [-0.4, -0.2) is 13.7 Å². The summed E-state index contributed by atoms with van der Waals surface area (Å²) < 4.78 is 30.5. The van der Waals surface area contributed by atoms with Crippen LogP contribution in [-0.2, 0) is 5.54 Å². The van der Waals surface area contributed by atoms with Crippen LogP contribution in [0.1, 0.15) is 37.3 Å². The monoisotopic (exact) mass is 241 g/mol. The molecule has 2 rings (SSSR count). The van der Waals surface area contributed by atoms with Crippen molar-refractivity contribution in [3.05, 3.63) is 29.3 Å². The first-order valence-electron chi connectivity index (χ1n) is 5.78. The van der Waals surface area contributed by atoms with Crippen LogP contribution in [0.5, 0.6) is 5.75 Å². The molecule has 1 N–H and O–H groups in total. The zero-order chi connectivity index (χ0) is 12.5. The van der Waals surface area contributed by atoms with Crippen molar-refractivity contribution in [2.24, 2.45) is 0 Å². The van der Waals surface area contributed by atoms with Gasteiger partial charge in [-0.3, -0.25) is 0 Å². The fourth-order valence-electron chi connectivity index (χ4n) is 2.42. The number of hydrogen-bond acceptors (Lipinski definition) is 2. The van der Waals surface area contributed by atoms with Crippen LogP contribution in [0.4, 0.5) is 8.78 Å². The van der Waals surface area contributed by atoms with E-state index >= 15 is 0 Å². The van der Waals surface area contributed by atoms with Crippen molar-refractivity contribution in [1.82, 2.24) is 5.32 Å². The van der Waals surface area contributed by atoms with E-state index in [4.69, 9.17) is 4.74 Å². The molecule has 0 aromatic heterocycles. The van der Waals surface area contributed by atoms with Crippen molar-refractivity contribution < 1.29 is 13.5 Å².